The number of rotatable bonds is 7. The monoisotopic (exact) mass is 492 g/mol. The summed E-state index contributed by atoms with van der Waals surface area (Å²) in [6, 6.07) is 16.1. The molecule has 0 bridgehead atoms. The van der Waals surface area contributed by atoms with Gasteiger partial charge in [-0.05, 0) is 73.9 Å². The average Bonchev–Trinajstić information content (AvgIpc) is 3.23. The van der Waals surface area contributed by atoms with E-state index in [9.17, 15) is 17.6 Å². The number of aryl methyl sites for hydroxylation is 3. The molecule has 1 heterocycles. The fourth-order valence-electron chi connectivity index (χ4n) is 3.70. The molecule has 0 fully saturated rings. The molecule has 0 atom stereocenters. The minimum atomic E-state index is -3.89. The number of hydrogen-bond donors (Lipinski definition) is 2. The van der Waals surface area contributed by atoms with Crippen LogP contribution in [-0.2, 0) is 16.6 Å². The van der Waals surface area contributed by atoms with E-state index in [-0.39, 0.29) is 17.0 Å². The first-order valence-electron chi connectivity index (χ1n) is 10.9. The van der Waals surface area contributed by atoms with E-state index in [1.165, 1.54) is 18.2 Å². The lowest BCUT2D eigenvalue weighted by molar-refractivity contribution is 0.0950. The van der Waals surface area contributed by atoms with Gasteiger partial charge in [0.1, 0.15) is 11.6 Å². The molecule has 1 aromatic heterocycles. The predicted octanol–water partition coefficient (Wildman–Crippen LogP) is 4.67. The number of hydrogen-bond acceptors (Lipinski definition) is 4. The number of halogens is 1. The maximum Gasteiger partial charge on any atom is 0.261 e. The lowest BCUT2D eigenvalue weighted by Gasteiger charge is -2.13. The molecule has 0 spiro atoms. The Bertz CT molecular complexity index is 1510. The van der Waals surface area contributed by atoms with Crippen molar-refractivity contribution in [2.75, 3.05) is 4.72 Å². The second-order valence-electron chi connectivity index (χ2n) is 8.26. The van der Waals surface area contributed by atoms with E-state index < -0.39 is 21.7 Å². The lowest BCUT2D eigenvalue weighted by atomic mass is 10.1. The van der Waals surface area contributed by atoms with Crippen molar-refractivity contribution in [1.29, 1.82) is 0 Å². The summed E-state index contributed by atoms with van der Waals surface area (Å²) in [7, 11) is -3.89. The highest BCUT2D eigenvalue weighted by molar-refractivity contribution is 7.92. The van der Waals surface area contributed by atoms with Gasteiger partial charge in [0, 0.05) is 30.2 Å². The van der Waals surface area contributed by atoms with Crippen LogP contribution in [0.15, 0.2) is 78.0 Å². The van der Waals surface area contributed by atoms with Crippen molar-refractivity contribution in [3.8, 4) is 5.69 Å². The van der Waals surface area contributed by atoms with Crippen molar-refractivity contribution in [2.24, 2.45) is 0 Å². The number of anilines is 1. The largest absolute Gasteiger partial charge is 0.348 e. The smallest absolute Gasteiger partial charge is 0.261 e. The molecule has 0 aliphatic heterocycles. The third-order valence-corrected chi connectivity index (χ3v) is 6.96. The van der Waals surface area contributed by atoms with Crippen LogP contribution in [0.5, 0.6) is 0 Å². The number of carbonyl (C=O) groups is 1. The number of imidazole rings is 1. The number of carbonyl (C=O) groups excluding carboxylic acids is 1. The van der Waals surface area contributed by atoms with Crippen LogP contribution in [0.2, 0.25) is 0 Å². The zero-order valence-electron chi connectivity index (χ0n) is 19.5. The molecule has 0 aliphatic rings. The Morgan fingerprint density at radius 2 is 1.83 bits per heavy atom. The van der Waals surface area contributed by atoms with Gasteiger partial charge in [0.2, 0.25) is 0 Å². The minimum absolute atomic E-state index is 0.0270. The van der Waals surface area contributed by atoms with Gasteiger partial charge < -0.3 is 9.88 Å². The topological polar surface area (TPSA) is 93.1 Å². The molecule has 7 nitrogen and oxygen atoms in total. The van der Waals surface area contributed by atoms with Crippen LogP contribution in [-0.4, -0.2) is 23.9 Å². The Balaban J connectivity index is 1.49. The van der Waals surface area contributed by atoms with Crippen molar-refractivity contribution < 1.29 is 17.6 Å². The Morgan fingerprint density at radius 1 is 1.03 bits per heavy atom. The molecule has 35 heavy (non-hydrogen) atoms. The summed E-state index contributed by atoms with van der Waals surface area (Å²) in [5.41, 5.74) is 3.13. The molecule has 0 saturated carbocycles. The second-order valence-corrected chi connectivity index (χ2v) is 9.95. The minimum Gasteiger partial charge on any atom is -0.348 e. The van der Waals surface area contributed by atoms with Gasteiger partial charge in [-0.15, -0.1) is 0 Å². The van der Waals surface area contributed by atoms with Gasteiger partial charge in [0.05, 0.1) is 10.6 Å². The van der Waals surface area contributed by atoms with E-state index in [1.54, 1.807) is 67.2 Å². The zero-order valence-corrected chi connectivity index (χ0v) is 20.4. The second kappa shape index (κ2) is 9.71. The molecule has 1 amide bonds. The predicted molar refractivity (Wildman–Crippen MR) is 133 cm³/mol. The fourth-order valence-corrected chi connectivity index (χ4v) is 4.78. The van der Waals surface area contributed by atoms with Crippen molar-refractivity contribution in [1.82, 2.24) is 14.9 Å². The van der Waals surface area contributed by atoms with E-state index in [0.29, 0.717) is 28.3 Å². The number of aromatic nitrogens is 2. The normalized spacial score (nSPS) is 11.3. The quantitative estimate of drug-likeness (QED) is 0.392. The molecule has 0 radical (unpaired) electrons. The number of nitrogens with one attached hydrogen (secondary N) is 2. The summed E-state index contributed by atoms with van der Waals surface area (Å²) >= 11 is 0. The van der Waals surface area contributed by atoms with Crippen LogP contribution >= 0.6 is 0 Å². The fraction of sp³-hybridized carbons (Fsp3) is 0.154. The molecular weight excluding hydrogens is 467 g/mol. The Kier molecular flexibility index (Phi) is 6.70. The summed E-state index contributed by atoms with van der Waals surface area (Å²) < 4.78 is 44.6. The first-order valence-corrected chi connectivity index (χ1v) is 12.4. The average molecular weight is 493 g/mol. The molecule has 0 saturated heterocycles. The van der Waals surface area contributed by atoms with Crippen LogP contribution in [0, 0.1) is 26.6 Å². The lowest BCUT2D eigenvalue weighted by Crippen LogP contribution is -2.24. The zero-order chi connectivity index (χ0) is 25.2. The van der Waals surface area contributed by atoms with Crippen LogP contribution in [0.25, 0.3) is 5.69 Å². The van der Waals surface area contributed by atoms with Crippen molar-refractivity contribution in [3.63, 3.8) is 0 Å². The third kappa shape index (κ3) is 5.41. The van der Waals surface area contributed by atoms with E-state index in [1.807, 2.05) is 13.0 Å². The first-order chi connectivity index (χ1) is 16.6. The maximum absolute atomic E-state index is 14.7. The van der Waals surface area contributed by atoms with Gasteiger partial charge in [-0.1, -0.05) is 24.3 Å². The van der Waals surface area contributed by atoms with E-state index in [2.05, 4.69) is 15.0 Å². The van der Waals surface area contributed by atoms with E-state index in [0.717, 1.165) is 5.56 Å². The molecule has 180 valence electrons. The molecule has 0 unspecified atom stereocenters. The Labute approximate surface area is 203 Å². The van der Waals surface area contributed by atoms with Crippen molar-refractivity contribution in [2.45, 2.75) is 32.2 Å². The van der Waals surface area contributed by atoms with Crippen LogP contribution < -0.4 is 10.0 Å². The standard InChI is InChI=1S/C26H25FN4O3S/c1-17-5-4-6-21(13-17)30-35(33,34)22-9-7-18(2)23(15-22)26(32)29-16-20-8-10-25(24(27)14-20)31-12-11-28-19(31)3/h4-15,30H,16H2,1-3H3,(H,29,32). The summed E-state index contributed by atoms with van der Waals surface area (Å²) in [5, 5.41) is 2.74. The van der Waals surface area contributed by atoms with Gasteiger partial charge in [-0.3, -0.25) is 9.52 Å². The molecule has 9 heteroatoms. The van der Waals surface area contributed by atoms with Gasteiger partial charge >= 0.3 is 0 Å². The maximum atomic E-state index is 14.7. The Hall–Kier alpha value is -3.98. The van der Waals surface area contributed by atoms with Gasteiger partial charge in [-0.2, -0.15) is 0 Å². The molecular formula is C26H25FN4O3S. The summed E-state index contributed by atoms with van der Waals surface area (Å²) in [5.74, 6) is -0.235. The number of sulfonamides is 1. The number of benzene rings is 3. The van der Waals surface area contributed by atoms with E-state index >= 15 is 0 Å². The highest BCUT2D eigenvalue weighted by Gasteiger charge is 2.19. The van der Waals surface area contributed by atoms with Crippen LogP contribution in [0.4, 0.5) is 10.1 Å². The van der Waals surface area contributed by atoms with Crippen LogP contribution in [0.1, 0.15) is 32.9 Å². The molecule has 4 rings (SSSR count). The summed E-state index contributed by atoms with van der Waals surface area (Å²) in [6.45, 7) is 5.45. The van der Waals surface area contributed by atoms with Crippen molar-refractivity contribution >= 4 is 21.6 Å². The van der Waals surface area contributed by atoms with E-state index in [4.69, 9.17) is 0 Å². The van der Waals surface area contributed by atoms with Gasteiger partial charge in [0.15, 0.2) is 0 Å². The van der Waals surface area contributed by atoms with Crippen molar-refractivity contribution in [3.05, 3.63) is 107 Å². The summed E-state index contributed by atoms with van der Waals surface area (Å²) in [6.07, 6.45) is 3.27. The SMILES string of the molecule is Cc1cccc(NS(=O)(=O)c2ccc(C)c(C(=O)NCc3ccc(-n4ccnc4C)c(F)c3)c2)c1. The molecule has 0 aliphatic carbocycles. The van der Waals surface area contributed by atoms with Crippen LogP contribution in [0.3, 0.4) is 0 Å². The van der Waals surface area contributed by atoms with Gasteiger partial charge in [0.25, 0.3) is 15.9 Å². The summed E-state index contributed by atoms with van der Waals surface area (Å²) in [4.78, 5) is 16.9. The highest BCUT2D eigenvalue weighted by Crippen LogP contribution is 2.21. The molecule has 4 aromatic rings. The van der Waals surface area contributed by atoms with Gasteiger partial charge in [-0.25, -0.2) is 17.8 Å². The molecule has 2 N–H and O–H groups in total. The number of amides is 1. The molecule has 3 aromatic carbocycles. The Morgan fingerprint density at radius 3 is 2.51 bits per heavy atom. The third-order valence-electron chi connectivity index (χ3n) is 5.58. The highest BCUT2D eigenvalue weighted by atomic mass is 32.2. The first kappa shape index (κ1) is 24.2. The number of nitrogens with zero attached hydrogens (tertiary/aromatic N) is 2.